The molecule has 2 aromatic carbocycles. The van der Waals surface area contributed by atoms with Gasteiger partial charge in [-0.15, -0.1) is 0 Å². The van der Waals surface area contributed by atoms with E-state index in [1.54, 1.807) is 18.2 Å². The number of carbonyl (C=O) groups excluding carboxylic acids is 1. The van der Waals surface area contributed by atoms with E-state index in [0.29, 0.717) is 22.8 Å². The number of halogens is 3. The van der Waals surface area contributed by atoms with Crippen molar-refractivity contribution in [2.75, 3.05) is 19.5 Å². The molecule has 3 aromatic rings. The van der Waals surface area contributed by atoms with E-state index < -0.39 is 29.5 Å². The van der Waals surface area contributed by atoms with Crippen LogP contribution in [0.5, 0.6) is 11.5 Å². The molecule has 0 unspecified atom stereocenters. The first kappa shape index (κ1) is 22.3. The summed E-state index contributed by atoms with van der Waals surface area (Å²) in [6, 6.07) is 9.59. The SMILES string of the molecule is COc1ccc([C@H]2CC(=O)Nc3c(C(=O)O)cn(-c4cccc(C(F)(F)F)c4)c32)cc1OC. The lowest BCUT2D eigenvalue weighted by atomic mass is 9.88. The number of hydrogen-bond donors (Lipinski definition) is 2. The fourth-order valence-electron chi connectivity index (χ4n) is 4.02. The van der Waals surface area contributed by atoms with Gasteiger partial charge in [0.25, 0.3) is 0 Å². The van der Waals surface area contributed by atoms with E-state index >= 15 is 0 Å². The van der Waals surface area contributed by atoms with Gasteiger partial charge in [0.15, 0.2) is 11.5 Å². The Hall–Kier alpha value is -3.95. The van der Waals surface area contributed by atoms with Gasteiger partial charge in [0.1, 0.15) is 5.56 Å². The average Bonchev–Trinajstić information content (AvgIpc) is 3.17. The Bertz CT molecular complexity index is 1250. The number of aromatic carboxylic acids is 1. The average molecular weight is 460 g/mol. The standard InChI is InChI=1S/C23H19F3N2O5/c1-32-17-7-6-12(8-18(17)33-2)15-10-19(29)27-20-16(22(30)31)11-28(21(15)20)14-5-3-4-13(9-14)23(24,25)26/h3-9,11,15H,10H2,1-2H3,(H,27,29)(H,30,31)/t15-/m1/s1. The number of aromatic nitrogens is 1. The number of fused-ring (bicyclic) bond motifs is 1. The molecular formula is C23H19F3N2O5. The molecule has 1 aliphatic heterocycles. The lowest BCUT2D eigenvalue weighted by Crippen LogP contribution is -2.25. The summed E-state index contributed by atoms with van der Waals surface area (Å²) in [5, 5.41) is 12.3. The third-order valence-corrected chi connectivity index (χ3v) is 5.52. The highest BCUT2D eigenvalue weighted by atomic mass is 19.4. The van der Waals surface area contributed by atoms with Gasteiger partial charge in [-0.25, -0.2) is 4.79 Å². The first-order valence-electron chi connectivity index (χ1n) is 9.82. The predicted molar refractivity (Wildman–Crippen MR) is 112 cm³/mol. The molecule has 2 N–H and O–H groups in total. The number of alkyl halides is 3. The number of benzene rings is 2. The maximum atomic E-state index is 13.3. The zero-order valence-electron chi connectivity index (χ0n) is 17.6. The summed E-state index contributed by atoms with van der Waals surface area (Å²) in [7, 11) is 2.93. The van der Waals surface area contributed by atoms with Crippen LogP contribution in [0.1, 0.15) is 39.5 Å². The van der Waals surface area contributed by atoms with Crippen LogP contribution in [-0.4, -0.2) is 35.8 Å². The number of carboxylic acids is 1. The van der Waals surface area contributed by atoms with E-state index in [2.05, 4.69) is 5.32 Å². The topological polar surface area (TPSA) is 89.8 Å². The Morgan fingerprint density at radius 2 is 1.85 bits per heavy atom. The monoisotopic (exact) mass is 460 g/mol. The van der Waals surface area contributed by atoms with Gasteiger partial charge < -0.3 is 24.5 Å². The summed E-state index contributed by atoms with van der Waals surface area (Å²) in [5.74, 6) is -1.51. The van der Waals surface area contributed by atoms with Gasteiger partial charge >= 0.3 is 12.1 Å². The number of nitrogens with one attached hydrogen (secondary N) is 1. The molecule has 7 nitrogen and oxygen atoms in total. The minimum Gasteiger partial charge on any atom is -0.493 e. The van der Waals surface area contributed by atoms with Crippen LogP contribution in [0.25, 0.3) is 5.69 Å². The fraction of sp³-hybridized carbons (Fsp3) is 0.217. The zero-order chi connectivity index (χ0) is 23.9. The van der Waals surface area contributed by atoms with Crippen molar-refractivity contribution >= 4 is 17.6 Å². The molecule has 0 spiro atoms. The van der Waals surface area contributed by atoms with E-state index in [1.807, 2.05) is 0 Å². The van der Waals surface area contributed by atoms with Crippen molar-refractivity contribution in [3.8, 4) is 17.2 Å². The molecule has 1 aliphatic rings. The fourth-order valence-corrected chi connectivity index (χ4v) is 4.02. The normalized spacial score (nSPS) is 15.5. The molecule has 4 rings (SSSR count). The number of nitrogens with zero attached hydrogens (tertiary/aromatic N) is 1. The molecule has 10 heteroatoms. The smallest absolute Gasteiger partial charge is 0.416 e. The molecule has 1 amide bonds. The largest absolute Gasteiger partial charge is 0.493 e. The predicted octanol–water partition coefficient (Wildman–Crippen LogP) is 4.69. The van der Waals surface area contributed by atoms with Crippen molar-refractivity contribution in [1.82, 2.24) is 4.57 Å². The highest BCUT2D eigenvalue weighted by molar-refractivity contribution is 6.04. The number of ether oxygens (including phenoxy) is 2. The van der Waals surface area contributed by atoms with E-state index in [9.17, 15) is 27.9 Å². The number of amides is 1. The summed E-state index contributed by atoms with van der Waals surface area (Å²) in [6.07, 6.45) is -3.39. The second-order valence-corrected chi connectivity index (χ2v) is 7.45. The minimum absolute atomic E-state index is 0.0372. The lowest BCUT2D eigenvalue weighted by molar-refractivity contribution is -0.137. The molecule has 0 aliphatic carbocycles. The van der Waals surface area contributed by atoms with Crippen molar-refractivity contribution < 1.29 is 37.3 Å². The first-order chi connectivity index (χ1) is 15.6. The van der Waals surface area contributed by atoms with Gasteiger partial charge in [0, 0.05) is 24.2 Å². The van der Waals surface area contributed by atoms with Crippen LogP contribution in [0.15, 0.2) is 48.7 Å². The van der Waals surface area contributed by atoms with Crippen LogP contribution in [0, 0.1) is 0 Å². The molecule has 0 fully saturated rings. The number of methoxy groups -OCH3 is 2. The number of carbonyl (C=O) groups is 2. The van der Waals surface area contributed by atoms with Crippen molar-refractivity contribution in [3.63, 3.8) is 0 Å². The van der Waals surface area contributed by atoms with Crippen LogP contribution < -0.4 is 14.8 Å². The third kappa shape index (κ3) is 3.99. The third-order valence-electron chi connectivity index (χ3n) is 5.52. The second kappa shape index (κ2) is 8.19. The maximum Gasteiger partial charge on any atom is 0.416 e. The van der Waals surface area contributed by atoms with Gasteiger partial charge in [0.2, 0.25) is 5.91 Å². The van der Waals surface area contributed by atoms with E-state index in [0.717, 1.165) is 12.1 Å². The Labute approximate surface area is 186 Å². The minimum atomic E-state index is -4.57. The quantitative estimate of drug-likeness (QED) is 0.577. The van der Waals surface area contributed by atoms with Crippen molar-refractivity contribution in [2.45, 2.75) is 18.5 Å². The Balaban J connectivity index is 1.95. The van der Waals surface area contributed by atoms with Crippen LogP contribution >= 0.6 is 0 Å². The number of hydrogen-bond acceptors (Lipinski definition) is 4. The van der Waals surface area contributed by atoms with Gasteiger partial charge in [0.05, 0.1) is 31.2 Å². The molecule has 0 radical (unpaired) electrons. The summed E-state index contributed by atoms with van der Waals surface area (Å²) in [5.41, 5.74) is 0.0551. The Morgan fingerprint density at radius 3 is 2.48 bits per heavy atom. The highest BCUT2D eigenvalue weighted by Gasteiger charge is 2.36. The van der Waals surface area contributed by atoms with E-state index in [1.165, 1.54) is 37.1 Å². The van der Waals surface area contributed by atoms with Crippen molar-refractivity contribution in [2.24, 2.45) is 0 Å². The molecule has 0 saturated carbocycles. The Kier molecular flexibility index (Phi) is 5.52. The molecular weight excluding hydrogens is 441 g/mol. The van der Waals surface area contributed by atoms with Crippen LogP contribution in [-0.2, 0) is 11.0 Å². The highest BCUT2D eigenvalue weighted by Crippen LogP contribution is 2.44. The van der Waals surface area contributed by atoms with Crippen LogP contribution in [0.4, 0.5) is 18.9 Å². The number of rotatable bonds is 5. The molecule has 2 heterocycles. The maximum absolute atomic E-state index is 13.3. The summed E-state index contributed by atoms with van der Waals surface area (Å²) >= 11 is 0. The van der Waals surface area contributed by atoms with Gasteiger partial charge in [-0.05, 0) is 35.9 Å². The first-order valence-corrected chi connectivity index (χ1v) is 9.82. The van der Waals surface area contributed by atoms with Gasteiger partial charge in [-0.1, -0.05) is 12.1 Å². The molecule has 172 valence electrons. The molecule has 33 heavy (non-hydrogen) atoms. The zero-order valence-corrected chi connectivity index (χ0v) is 17.6. The van der Waals surface area contributed by atoms with E-state index in [-0.39, 0.29) is 23.4 Å². The van der Waals surface area contributed by atoms with Crippen molar-refractivity contribution in [1.29, 1.82) is 0 Å². The molecule has 1 atom stereocenters. The number of carboxylic acid groups (broad SMARTS) is 1. The summed E-state index contributed by atoms with van der Waals surface area (Å²) in [6.45, 7) is 0. The lowest BCUT2D eigenvalue weighted by Gasteiger charge is -2.27. The second-order valence-electron chi connectivity index (χ2n) is 7.45. The van der Waals surface area contributed by atoms with Crippen LogP contribution in [0.3, 0.4) is 0 Å². The van der Waals surface area contributed by atoms with Crippen LogP contribution in [0.2, 0.25) is 0 Å². The summed E-state index contributed by atoms with van der Waals surface area (Å²) < 4.78 is 51.9. The summed E-state index contributed by atoms with van der Waals surface area (Å²) in [4.78, 5) is 24.4. The van der Waals surface area contributed by atoms with Gasteiger partial charge in [-0.2, -0.15) is 13.2 Å². The van der Waals surface area contributed by atoms with Crippen molar-refractivity contribution in [3.05, 3.63) is 71.0 Å². The molecule has 0 saturated heterocycles. The number of anilines is 1. The van der Waals surface area contributed by atoms with E-state index in [4.69, 9.17) is 9.47 Å². The molecule has 1 aromatic heterocycles. The Morgan fingerprint density at radius 1 is 1.12 bits per heavy atom. The molecule has 0 bridgehead atoms. The van der Waals surface area contributed by atoms with Gasteiger partial charge in [-0.3, -0.25) is 4.79 Å².